The average molecular weight is 406 g/mol. The summed E-state index contributed by atoms with van der Waals surface area (Å²) in [5.74, 6) is -0.430. The number of rotatable bonds is 5. The molecule has 2 aromatic rings. The molecule has 1 amide bonds. The first-order valence-electron chi connectivity index (χ1n) is 9.02. The van der Waals surface area contributed by atoms with Gasteiger partial charge in [0.1, 0.15) is 23.1 Å². The third-order valence-electron chi connectivity index (χ3n) is 4.49. The van der Waals surface area contributed by atoms with Gasteiger partial charge in [-0.15, -0.1) is 0 Å². The number of hydrogen-bond donors (Lipinski definition) is 1. The van der Waals surface area contributed by atoms with Gasteiger partial charge < -0.3 is 9.64 Å². The molecule has 0 saturated heterocycles. The molecule has 6 nitrogen and oxygen atoms in total. The number of nitrogens with one attached hydrogen (secondary N) is 1. The molecular weight excluding hydrogens is 383 g/mol. The summed E-state index contributed by atoms with van der Waals surface area (Å²) in [7, 11) is -4.12. The molecule has 0 atom stereocenters. The first-order valence-corrected chi connectivity index (χ1v) is 10.5. The van der Waals surface area contributed by atoms with Gasteiger partial charge >= 0.3 is 0 Å². The Labute approximate surface area is 164 Å². The molecule has 1 N–H and O–H groups in total. The molecular formula is C20H23FN2O4S. The second-order valence-corrected chi connectivity index (χ2v) is 9.00. The lowest BCUT2D eigenvalue weighted by Crippen LogP contribution is -2.42. The van der Waals surface area contributed by atoms with Crippen LogP contribution >= 0.6 is 0 Å². The van der Waals surface area contributed by atoms with Crippen LogP contribution in [0.4, 0.5) is 15.8 Å². The molecule has 3 rings (SSSR count). The minimum atomic E-state index is -4.12. The maximum absolute atomic E-state index is 13.9. The number of hydrogen-bond acceptors (Lipinski definition) is 4. The second kappa shape index (κ2) is 7.43. The lowest BCUT2D eigenvalue weighted by Gasteiger charge is -2.28. The molecule has 0 saturated carbocycles. The van der Waals surface area contributed by atoms with Gasteiger partial charge in [-0.2, -0.15) is 0 Å². The maximum Gasteiger partial charge on any atom is 0.264 e. The summed E-state index contributed by atoms with van der Waals surface area (Å²) in [6, 6.07) is 9.85. The molecule has 0 spiro atoms. The Morgan fingerprint density at radius 3 is 2.61 bits per heavy atom. The molecule has 1 heterocycles. The summed E-state index contributed by atoms with van der Waals surface area (Å²) in [5.41, 5.74) is 0.00599. The van der Waals surface area contributed by atoms with Crippen molar-refractivity contribution in [1.82, 2.24) is 0 Å². The van der Waals surface area contributed by atoms with E-state index in [1.165, 1.54) is 24.3 Å². The zero-order valence-corrected chi connectivity index (χ0v) is 16.8. The molecule has 0 unspecified atom stereocenters. The highest BCUT2D eigenvalue weighted by Gasteiger charge is 2.37. The number of amides is 1. The highest BCUT2D eigenvalue weighted by Crippen LogP contribution is 2.38. The largest absolute Gasteiger partial charge is 0.490 e. The van der Waals surface area contributed by atoms with Crippen LogP contribution in [-0.2, 0) is 14.8 Å². The zero-order valence-electron chi connectivity index (χ0n) is 16.0. The second-order valence-electron chi connectivity index (χ2n) is 7.35. The van der Waals surface area contributed by atoms with Crippen LogP contribution in [0.25, 0.3) is 0 Å². The lowest BCUT2D eigenvalue weighted by molar-refractivity contribution is -0.127. The van der Waals surface area contributed by atoms with Crippen LogP contribution in [0, 0.1) is 11.2 Å². The smallest absolute Gasteiger partial charge is 0.264 e. The molecule has 0 fully saturated rings. The monoisotopic (exact) mass is 406 g/mol. The van der Waals surface area contributed by atoms with E-state index in [4.69, 9.17) is 4.74 Å². The number of carbonyl (C=O) groups excluding carboxylic acids is 1. The van der Waals surface area contributed by atoms with Gasteiger partial charge in [0.15, 0.2) is 0 Å². The van der Waals surface area contributed by atoms with Gasteiger partial charge in [0.2, 0.25) is 5.91 Å². The topological polar surface area (TPSA) is 75.7 Å². The van der Waals surface area contributed by atoms with E-state index in [2.05, 4.69) is 4.72 Å². The Morgan fingerprint density at radius 1 is 1.21 bits per heavy atom. The van der Waals surface area contributed by atoms with Crippen molar-refractivity contribution >= 4 is 27.3 Å². The summed E-state index contributed by atoms with van der Waals surface area (Å²) in [6.45, 7) is 6.27. The van der Waals surface area contributed by atoms with Gasteiger partial charge in [0, 0.05) is 6.54 Å². The van der Waals surface area contributed by atoms with Crippen molar-refractivity contribution in [1.29, 1.82) is 0 Å². The number of carbonyl (C=O) groups is 1. The summed E-state index contributed by atoms with van der Waals surface area (Å²) in [4.78, 5) is 14.1. The van der Waals surface area contributed by atoms with E-state index in [-0.39, 0.29) is 18.2 Å². The highest BCUT2D eigenvalue weighted by atomic mass is 32.2. The van der Waals surface area contributed by atoms with Crippen molar-refractivity contribution in [2.45, 2.75) is 32.1 Å². The van der Waals surface area contributed by atoms with E-state index in [0.29, 0.717) is 18.0 Å². The standard InChI is InChI=1S/C20H23FN2O4S/c1-4-11-23-16-12-14(9-10-17(16)27-13-20(2,3)19(23)24)22-28(25,26)18-8-6-5-7-15(18)21/h5-10,12,22H,4,11,13H2,1-3H3. The first kappa shape index (κ1) is 20.1. The molecule has 1 aliphatic rings. The van der Waals surface area contributed by atoms with Crippen LogP contribution in [0.3, 0.4) is 0 Å². The van der Waals surface area contributed by atoms with Gasteiger partial charge in [-0.1, -0.05) is 19.1 Å². The van der Waals surface area contributed by atoms with Crippen LogP contribution in [0.5, 0.6) is 5.75 Å². The minimum Gasteiger partial charge on any atom is -0.490 e. The summed E-state index contributed by atoms with van der Waals surface area (Å²) >= 11 is 0. The van der Waals surface area contributed by atoms with E-state index in [9.17, 15) is 17.6 Å². The van der Waals surface area contributed by atoms with E-state index < -0.39 is 26.2 Å². The lowest BCUT2D eigenvalue weighted by atomic mass is 9.93. The van der Waals surface area contributed by atoms with Crippen molar-refractivity contribution in [3.05, 3.63) is 48.3 Å². The molecule has 2 aromatic carbocycles. The molecule has 0 bridgehead atoms. The normalized spacial score (nSPS) is 16.1. The molecule has 28 heavy (non-hydrogen) atoms. The predicted molar refractivity (Wildman–Crippen MR) is 106 cm³/mol. The van der Waals surface area contributed by atoms with Gasteiger partial charge in [0.05, 0.1) is 16.8 Å². The molecule has 0 aliphatic carbocycles. The molecule has 150 valence electrons. The number of ether oxygens (including phenoxy) is 1. The number of fused-ring (bicyclic) bond motifs is 1. The molecule has 0 radical (unpaired) electrons. The van der Waals surface area contributed by atoms with Crippen LogP contribution in [0.1, 0.15) is 27.2 Å². The third-order valence-corrected chi connectivity index (χ3v) is 5.90. The van der Waals surface area contributed by atoms with E-state index in [1.807, 2.05) is 20.8 Å². The van der Waals surface area contributed by atoms with Gasteiger partial charge in [-0.05, 0) is 50.6 Å². The Bertz CT molecular complexity index is 1010. The predicted octanol–water partition coefficient (Wildman–Crippen LogP) is 3.79. The number of sulfonamides is 1. The van der Waals surface area contributed by atoms with Gasteiger partial charge in [-0.3, -0.25) is 9.52 Å². The summed E-state index contributed by atoms with van der Waals surface area (Å²) in [5, 5.41) is 0. The third kappa shape index (κ3) is 3.82. The summed E-state index contributed by atoms with van der Waals surface area (Å²) in [6.07, 6.45) is 0.729. The fourth-order valence-electron chi connectivity index (χ4n) is 3.03. The van der Waals surface area contributed by atoms with Crippen LogP contribution in [-0.4, -0.2) is 27.5 Å². The first-order chi connectivity index (χ1) is 13.2. The van der Waals surface area contributed by atoms with Crippen LogP contribution < -0.4 is 14.4 Å². The quantitative estimate of drug-likeness (QED) is 0.820. The molecule has 0 aromatic heterocycles. The van der Waals surface area contributed by atoms with Crippen molar-refractivity contribution < 1.29 is 22.3 Å². The average Bonchev–Trinajstić information content (AvgIpc) is 2.72. The zero-order chi connectivity index (χ0) is 20.5. The highest BCUT2D eigenvalue weighted by molar-refractivity contribution is 7.92. The van der Waals surface area contributed by atoms with Gasteiger partial charge in [0.25, 0.3) is 10.0 Å². The molecule has 8 heteroatoms. The Balaban J connectivity index is 2.00. The fourth-order valence-corrected chi connectivity index (χ4v) is 4.16. The number of benzene rings is 2. The van der Waals surface area contributed by atoms with E-state index >= 15 is 0 Å². The number of anilines is 2. The summed E-state index contributed by atoms with van der Waals surface area (Å²) < 4.78 is 47.2. The van der Waals surface area contributed by atoms with E-state index in [0.717, 1.165) is 12.5 Å². The van der Waals surface area contributed by atoms with E-state index in [1.54, 1.807) is 17.0 Å². The molecule has 1 aliphatic heterocycles. The Morgan fingerprint density at radius 2 is 1.93 bits per heavy atom. The SMILES string of the molecule is CCCN1C(=O)C(C)(C)COc2ccc(NS(=O)(=O)c3ccccc3F)cc21. The van der Waals surface area contributed by atoms with Gasteiger partial charge in [-0.25, -0.2) is 12.8 Å². The van der Waals surface area contributed by atoms with Crippen molar-refractivity contribution in [3.63, 3.8) is 0 Å². The van der Waals surface area contributed by atoms with Crippen molar-refractivity contribution in [3.8, 4) is 5.75 Å². The van der Waals surface area contributed by atoms with Crippen molar-refractivity contribution in [2.24, 2.45) is 5.41 Å². The Hall–Kier alpha value is -2.61. The van der Waals surface area contributed by atoms with Crippen LogP contribution in [0.2, 0.25) is 0 Å². The van der Waals surface area contributed by atoms with Crippen LogP contribution in [0.15, 0.2) is 47.4 Å². The fraction of sp³-hybridized carbons (Fsp3) is 0.350. The minimum absolute atomic E-state index is 0.0952. The van der Waals surface area contributed by atoms with Crippen molar-refractivity contribution in [2.75, 3.05) is 22.8 Å². The maximum atomic E-state index is 13.9. The Kier molecular flexibility index (Phi) is 5.34. The number of nitrogens with zero attached hydrogens (tertiary/aromatic N) is 1. The number of halogens is 1.